The largest absolute Gasteiger partial charge is 0.414 e. The van der Waals surface area contributed by atoms with Crippen LogP contribution in [0.25, 0.3) is 0 Å². The monoisotopic (exact) mass is 390 g/mol. The molecule has 0 amide bonds. The molecular formula is C24H42O2Si. The number of carbonyl (C=O) groups is 1. The average molecular weight is 391 g/mol. The van der Waals surface area contributed by atoms with Crippen LogP contribution in [-0.4, -0.2) is 20.2 Å². The van der Waals surface area contributed by atoms with E-state index >= 15 is 0 Å². The van der Waals surface area contributed by atoms with Gasteiger partial charge in [0.05, 0.1) is 0 Å². The summed E-state index contributed by atoms with van der Waals surface area (Å²) in [5.41, 5.74) is 2.37. The minimum Gasteiger partial charge on any atom is -0.414 e. The first kappa shape index (κ1) is 22.6. The third-order valence-corrected chi connectivity index (χ3v) is 12.2. The minimum atomic E-state index is -1.87. The van der Waals surface area contributed by atoms with Crippen LogP contribution in [0.1, 0.15) is 74.7 Å². The summed E-state index contributed by atoms with van der Waals surface area (Å²) in [4.78, 5) is 12.6. The van der Waals surface area contributed by atoms with Crippen molar-refractivity contribution in [1.29, 1.82) is 0 Å². The zero-order chi connectivity index (χ0) is 20.8. The summed E-state index contributed by atoms with van der Waals surface area (Å²) < 4.78 is 6.95. The first-order valence-corrected chi connectivity index (χ1v) is 13.6. The quantitative estimate of drug-likeness (QED) is 0.384. The van der Waals surface area contributed by atoms with Gasteiger partial charge in [0.25, 0.3) is 0 Å². The summed E-state index contributed by atoms with van der Waals surface area (Å²) in [6.45, 7) is 22.8. The highest BCUT2D eigenvalue weighted by molar-refractivity contribution is 6.74. The van der Waals surface area contributed by atoms with Crippen molar-refractivity contribution in [3.8, 4) is 0 Å². The lowest BCUT2D eigenvalue weighted by molar-refractivity contribution is -0.124. The predicted molar refractivity (Wildman–Crippen MR) is 118 cm³/mol. The van der Waals surface area contributed by atoms with E-state index in [4.69, 9.17) is 4.43 Å². The smallest absolute Gasteiger partial charge is 0.192 e. The Labute approximate surface area is 169 Å². The zero-order valence-corrected chi connectivity index (χ0v) is 20.4. The van der Waals surface area contributed by atoms with Gasteiger partial charge in [0.15, 0.2) is 14.1 Å². The fourth-order valence-electron chi connectivity index (χ4n) is 4.99. The molecule has 27 heavy (non-hydrogen) atoms. The van der Waals surface area contributed by atoms with Crippen LogP contribution < -0.4 is 0 Å². The van der Waals surface area contributed by atoms with Gasteiger partial charge in [-0.2, -0.15) is 0 Å². The molecule has 0 heterocycles. The Balaban J connectivity index is 2.43. The summed E-state index contributed by atoms with van der Waals surface area (Å²) in [6, 6.07) is 0. The van der Waals surface area contributed by atoms with Gasteiger partial charge in [0.2, 0.25) is 0 Å². The number of fused-ring (bicyclic) bond motifs is 1. The SMILES string of the molecule is CC(C)=CC[C@@H]1[C@@H](C)C[C@H](O[Si](C)(C)C(C)(C)C)[C@@H]2CC(=O)C(C)=C[C@@]12C. The second-order valence-electron chi connectivity index (χ2n) is 11.2. The number of ketones is 1. The lowest BCUT2D eigenvalue weighted by Gasteiger charge is -2.56. The van der Waals surface area contributed by atoms with Crippen molar-refractivity contribution in [2.75, 3.05) is 0 Å². The van der Waals surface area contributed by atoms with Crippen LogP contribution in [0.4, 0.5) is 0 Å². The molecule has 0 aromatic heterocycles. The van der Waals surface area contributed by atoms with E-state index in [1.54, 1.807) is 0 Å². The van der Waals surface area contributed by atoms with E-state index in [1.807, 2.05) is 6.92 Å². The van der Waals surface area contributed by atoms with Crippen molar-refractivity contribution >= 4 is 14.1 Å². The summed E-state index contributed by atoms with van der Waals surface area (Å²) in [7, 11) is -1.87. The van der Waals surface area contributed by atoms with Crippen LogP contribution in [0.3, 0.4) is 0 Å². The van der Waals surface area contributed by atoms with Crippen molar-refractivity contribution < 1.29 is 9.22 Å². The third kappa shape index (κ3) is 4.50. The molecule has 2 aliphatic rings. The van der Waals surface area contributed by atoms with Gasteiger partial charge in [-0.1, -0.05) is 52.3 Å². The van der Waals surface area contributed by atoms with Gasteiger partial charge < -0.3 is 4.43 Å². The normalized spacial score (nSPS) is 34.7. The standard InChI is InChI=1S/C24H42O2Si/c1-16(2)11-12-19-17(3)13-22(26-27(9,10)23(5,6)7)20-14-21(25)18(4)15-24(19,20)8/h11,15,17,19-20,22H,12-14H2,1-10H3/t17-,19+,20-,22-,24-/m0/s1. The van der Waals surface area contributed by atoms with Crippen molar-refractivity contribution in [3.05, 3.63) is 23.3 Å². The topological polar surface area (TPSA) is 26.3 Å². The number of hydrogen-bond donors (Lipinski definition) is 0. The molecule has 3 heteroatoms. The molecule has 0 N–H and O–H groups in total. The van der Waals surface area contributed by atoms with Gasteiger partial charge in [0.1, 0.15) is 0 Å². The zero-order valence-electron chi connectivity index (χ0n) is 19.4. The van der Waals surface area contributed by atoms with Crippen LogP contribution in [-0.2, 0) is 9.22 Å². The molecule has 0 radical (unpaired) electrons. The molecule has 2 aliphatic carbocycles. The van der Waals surface area contributed by atoms with Crippen molar-refractivity contribution in [2.45, 2.75) is 98.9 Å². The molecule has 1 saturated carbocycles. The molecule has 0 aromatic carbocycles. The Morgan fingerprint density at radius 1 is 1.33 bits per heavy atom. The van der Waals surface area contributed by atoms with E-state index in [1.165, 1.54) is 5.57 Å². The van der Waals surface area contributed by atoms with Crippen LogP contribution in [0.15, 0.2) is 23.3 Å². The lowest BCUT2D eigenvalue weighted by Crippen LogP contribution is -2.56. The van der Waals surface area contributed by atoms with E-state index in [-0.39, 0.29) is 16.6 Å². The molecule has 5 atom stereocenters. The molecule has 154 valence electrons. The maximum atomic E-state index is 12.6. The Kier molecular flexibility index (Phi) is 6.39. The van der Waals surface area contributed by atoms with Crippen molar-refractivity contribution in [2.24, 2.45) is 23.2 Å². The molecule has 2 rings (SSSR count). The van der Waals surface area contributed by atoms with Gasteiger partial charge in [0, 0.05) is 18.4 Å². The number of rotatable bonds is 4. The first-order valence-electron chi connectivity index (χ1n) is 10.7. The lowest BCUT2D eigenvalue weighted by atomic mass is 9.52. The van der Waals surface area contributed by atoms with E-state index in [9.17, 15) is 4.79 Å². The second-order valence-corrected chi connectivity index (χ2v) is 15.9. The number of hydrogen-bond acceptors (Lipinski definition) is 2. The highest BCUT2D eigenvalue weighted by Gasteiger charge is 2.54. The summed E-state index contributed by atoms with van der Waals surface area (Å²) in [5.74, 6) is 1.78. The van der Waals surface area contributed by atoms with Crippen LogP contribution >= 0.6 is 0 Å². The summed E-state index contributed by atoms with van der Waals surface area (Å²) in [5, 5.41) is 0.190. The minimum absolute atomic E-state index is 0.0364. The maximum Gasteiger partial charge on any atom is 0.192 e. The molecule has 0 unspecified atom stereocenters. The third-order valence-electron chi connectivity index (χ3n) is 7.74. The Bertz CT molecular complexity index is 633. The second kappa shape index (κ2) is 7.63. The summed E-state index contributed by atoms with van der Waals surface area (Å²) >= 11 is 0. The molecule has 1 fully saturated rings. The summed E-state index contributed by atoms with van der Waals surface area (Å²) in [6.07, 6.45) is 7.72. The van der Waals surface area contributed by atoms with Crippen molar-refractivity contribution in [1.82, 2.24) is 0 Å². The molecule has 0 bridgehead atoms. The van der Waals surface area contributed by atoms with Crippen LogP contribution in [0, 0.1) is 23.2 Å². The van der Waals surface area contributed by atoms with Crippen molar-refractivity contribution in [3.63, 3.8) is 0 Å². The highest BCUT2D eigenvalue weighted by atomic mass is 28.4. The van der Waals surface area contributed by atoms with Crippen LogP contribution in [0.2, 0.25) is 18.1 Å². The van der Waals surface area contributed by atoms with Gasteiger partial charge in [-0.15, -0.1) is 0 Å². The Hall–Kier alpha value is -0.673. The van der Waals surface area contributed by atoms with Gasteiger partial charge >= 0.3 is 0 Å². The fraction of sp³-hybridized carbons (Fsp3) is 0.792. The molecule has 0 aliphatic heterocycles. The van der Waals surface area contributed by atoms with E-state index < -0.39 is 8.32 Å². The molecular weight excluding hydrogens is 348 g/mol. The highest BCUT2D eigenvalue weighted by Crippen LogP contribution is 2.56. The van der Waals surface area contributed by atoms with E-state index in [0.717, 1.165) is 18.4 Å². The van der Waals surface area contributed by atoms with Crippen LogP contribution in [0.5, 0.6) is 0 Å². The number of allylic oxidation sites excluding steroid dienone is 4. The van der Waals surface area contributed by atoms with Gasteiger partial charge in [-0.25, -0.2) is 0 Å². The molecule has 0 saturated heterocycles. The molecule has 0 aromatic rings. The maximum absolute atomic E-state index is 12.6. The predicted octanol–water partition coefficient (Wildman–Crippen LogP) is 6.93. The Morgan fingerprint density at radius 2 is 1.93 bits per heavy atom. The van der Waals surface area contributed by atoms with Gasteiger partial charge in [-0.3, -0.25) is 4.79 Å². The van der Waals surface area contributed by atoms with E-state index in [0.29, 0.717) is 30.0 Å². The number of carbonyl (C=O) groups excluding carboxylic acids is 1. The fourth-order valence-corrected chi connectivity index (χ4v) is 6.36. The Morgan fingerprint density at radius 3 is 2.44 bits per heavy atom. The van der Waals surface area contributed by atoms with E-state index in [2.05, 4.69) is 73.7 Å². The molecule has 0 spiro atoms. The van der Waals surface area contributed by atoms with Gasteiger partial charge in [-0.05, 0) is 74.6 Å². The average Bonchev–Trinajstić information content (AvgIpc) is 2.47. The number of Topliss-reactive ketones (excluding diaryl/α,β-unsaturated/α-hetero) is 1. The molecule has 2 nitrogen and oxygen atoms in total. The first-order chi connectivity index (χ1) is 12.2.